The molecule has 0 spiro atoms. The molecule has 1 aliphatic carbocycles. The lowest BCUT2D eigenvalue weighted by Gasteiger charge is -2.36. The fourth-order valence-electron chi connectivity index (χ4n) is 4.22. The standard InChI is InChI=1S/C20H27N5O2/c1-24-19(26)12-18(17-7-8-21-14-22-17)23-20(24)25-9-10-27-16(13-25)11-15-5-3-2-4-6-15/h7-8,12,14-16H,2-6,9-11,13H2,1H3. The number of hydrogen-bond donors (Lipinski definition) is 0. The third kappa shape index (κ3) is 4.18. The summed E-state index contributed by atoms with van der Waals surface area (Å²) in [5.41, 5.74) is 1.17. The summed E-state index contributed by atoms with van der Waals surface area (Å²) in [4.78, 5) is 27.6. The maximum Gasteiger partial charge on any atom is 0.255 e. The minimum absolute atomic E-state index is 0.0797. The van der Waals surface area contributed by atoms with E-state index < -0.39 is 0 Å². The van der Waals surface area contributed by atoms with Crippen molar-refractivity contribution in [3.63, 3.8) is 0 Å². The molecule has 1 atom stereocenters. The summed E-state index contributed by atoms with van der Waals surface area (Å²) >= 11 is 0. The Morgan fingerprint density at radius 3 is 2.85 bits per heavy atom. The quantitative estimate of drug-likeness (QED) is 0.824. The summed E-state index contributed by atoms with van der Waals surface area (Å²) in [6, 6.07) is 3.31. The van der Waals surface area contributed by atoms with E-state index in [2.05, 4.69) is 14.9 Å². The Hall–Kier alpha value is -2.28. The fraction of sp³-hybridized carbons (Fsp3) is 0.600. The van der Waals surface area contributed by atoms with Gasteiger partial charge in [-0.25, -0.2) is 15.0 Å². The molecule has 4 rings (SSSR count). The molecule has 2 aliphatic rings. The highest BCUT2D eigenvalue weighted by atomic mass is 16.5. The molecule has 27 heavy (non-hydrogen) atoms. The van der Waals surface area contributed by atoms with E-state index in [1.807, 2.05) is 0 Å². The second-order valence-corrected chi connectivity index (χ2v) is 7.61. The van der Waals surface area contributed by atoms with Gasteiger partial charge in [-0.05, 0) is 18.4 Å². The van der Waals surface area contributed by atoms with Gasteiger partial charge in [-0.1, -0.05) is 32.1 Å². The summed E-state index contributed by atoms with van der Waals surface area (Å²) in [5, 5.41) is 0. The van der Waals surface area contributed by atoms with Crippen molar-refractivity contribution in [1.29, 1.82) is 0 Å². The highest BCUT2D eigenvalue weighted by molar-refractivity contribution is 5.55. The lowest BCUT2D eigenvalue weighted by atomic mass is 9.85. The smallest absolute Gasteiger partial charge is 0.255 e. The first-order valence-corrected chi connectivity index (χ1v) is 9.92. The fourth-order valence-corrected chi connectivity index (χ4v) is 4.22. The first-order chi connectivity index (χ1) is 13.2. The molecular formula is C20H27N5O2. The molecule has 2 aromatic heterocycles. The summed E-state index contributed by atoms with van der Waals surface area (Å²) in [5.74, 6) is 1.46. The van der Waals surface area contributed by atoms with Crippen molar-refractivity contribution in [2.24, 2.45) is 13.0 Å². The first kappa shape index (κ1) is 18.1. The van der Waals surface area contributed by atoms with E-state index >= 15 is 0 Å². The number of rotatable bonds is 4. The highest BCUT2D eigenvalue weighted by Gasteiger charge is 2.27. The first-order valence-electron chi connectivity index (χ1n) is 9.92. The Labute approximate surface area is 159 Å². The van der Waals surface area contributed by atoms with Gasteiger partial charge >= 0.3 is 0 Å². The number of hydrogen-bond acceptors (Lipinski definition) is 6. The number of aromatic nitrogens is 4. The van der Waals surface area contributed by atoms with Crippen LogP contribution in [0.1, 0.15) is 38.5 Å². The van der Waals surface area contributed by atoms with Crippen molar-refractivity contribution in [3.05, 3.63) is 35.0 Å². The van der Waals surface area contributed by atoms with E-state index in [1.165, 1.54) is 44.5 Å². The molecule has 3 heterocycles. The van der Waals surface area contributed by atoms with Crippen LogP contribution in [0.3, 0.4) is 0 Å². The second kappa shape index (κ2) is 8.17. The molecule has 7 nitrogen and oxygen atoms in total. The number of nitrogens with zero attached hydrogens (tertiary/aromatic N) is 5. The lowest BCUT2D eigenvalue weighted by molar-refractivity contribution is 0.0201. The van der Waals surface area contributed by atoms with Gasteiger partial charge in [-0.2, -0.15) is 0 Å². The molecule has 2 fully saturated rings. The minimum atomic E-state index is -0.0797. The number of morpholine rings is 1. The molecule has 1 saturated heterocycles. The zero-order valence-electron chi connectivity index (χ0n) is 15.9. The second-order valence-electron chi connectivity index (χ2n) is 7.61. The van der Waals surface area contributed by atoms with E-state index in [9.17, 15) is 4.79 Å². The van der Waals surface area contributed by atoms with Crippen LogP contribution in [0.25, 0.3) is 11.4 Å². The van der Waals surface area contributed by atoms with E-state index in [0.717, 1.165) is 25.4 Å². The van der Waals surface area contributed by atoms with Gasteiger partial charge in [-0.3, -0.25) is 9.36 Å². The van der Waals surface area contributed by atoms with Crippen LogP contribution >= 0.6 is 0 Å². The SMILES string of the molecule is Cn1c(N2CCOC(CC3CCCCC3)C2)nc(-c2ccncn2)cc1=O. The number of anilines is 1. The molecule has 1 unspecified atom stereocenters. The molecule has 0 N–H and O–H groups in total. The van der Waals surface area contributed by atoms with Gasteiger partial charge in [0.15, 0.2) is 0 Å². The average Bonchev–Trinajstić information content (AvgIpc) is 2.71. The van der Waals surface area contributed by atoms with Crippen LogP contribution in [-0.4, -0.2) is 45.3 Å². The molecule has 144 valence electrons. The van der Waals surface area contributed by atoms with E-state index in [0.29, 0.717) is 23.9 Å². The van der Waals surface area contributed by atoms with Gasteiger partial charge in [0.2, 0.25) is 5.95 Å². The molecule has 0 aromatic carbocycles. The number of ether oxygens (including phenoxy) is 1. The van der Waals surface area contributed by atoms with Crippen molar-refractivity contribution in [1.82, 2.24) is 19.5 Å². The van der Waals surface area contributed by atoms with Gasteiger partial charge in [-0.15, -0.1) is 0 Å². The Kier molecular flexibility index (Phi) is 5.48. The van der Waals surface area contributed by atoms with E-state index in [-0.39, 0.29) is 11.7 Å². The summed E-state index contributed by atoms with van der Waals surface area (Å²) < 4.78 is 7.66. The molecule has 7 heteroatoms. The molecule has 1 saturated carbocycles. The van der Waals surface area contributed by atoms with Crippen LogP contribution in [0.4, 0.5) is 5.95 Å². The van der Waals surface area contributed by atoms with Crippen LogP contribution in [0.5, 0.6) is 0 Å². The van der Waals surface area contributed by atoms with E-state index in [4.69, 9.17) is 9.72 Å². The van der Waals surface area contributed by atoms with Crippen LogP contribution in [-0.2, 0) is 11.8 Å². The van der Waals surface area contributed by atoms with Crippen molar-refractivity contribution in [2.75, 3.05) is 24.6 Å². The van der Waals surface area contributed by atoms with Crippen molar-refractivity contribution >= 4 is 5.95 Å². The molecule has 0 bridgehead atoms. The molecule has 2 aromatic rings. The van der Waals surface area contributed by atoms with Gasteiger partial charge < -0.3 is 9.64 Å². The largest absolute Gasteiger partial charge is 0.375 e. The predicted octanol–water partition coefficient (Wildman–Crippen LogP) is 2.41. The monoisotopic (exact) mass is 369 g/mol. The van der Waals surface area contributed by atoms with Crippen LogP contribution < -0.4 is 10.5 Å². The summed E-state index contributed by atoms with van der Waals surface area (Å²) in [6.45, 7) is 2.20. The van der Waals surface area contributed by atoms with Crippen molar-refractivity contribution in [2.45, 2.75) is 44.6 Å². The molecule has 1 aliphatic heterocycles. The molecule has 0 amide bonds. The third-order valence-corrected chi connectivity index (χ3v) is 5.70. The highest BCUT2D eigenvalue weighted by Crippen LogP contribution is 2.29. The maximum absolute atomic E-state index is 12.5. The van der Waals surface area contributed by atoms with E-state index in [1.54, 1.807) is 23.9 Å². The van der Waals surface area contributed by atoms with Crippen LogP contribution in [0.15, 0.2) is 29.5 Å². The minimum Gasteiger partial charge on any atom is -0.375 e. The Morgan fingerprint density at radius 2 is 2.07 bits per heavy atom. The molecule has 0 radical (unpaired) electrons. The molecular weight excluding hydrogens is 342 g/mol. The van der Waals surface area contributed by atoms with Gasteiger partial charge in [0.1, 0.15) is 6.33 Å². The average molecular weight is 369 g/mol. The van der Waals surface area contributed by atoms with Gasteiger partial charge in [0, 0.05) is 32.4 Å². The summed E-state index contributed by atoms with van der Waals surface area (Å²) in [6.07, 6.45) is 11.2. The zero-order valence-corrected chi connectivity index (χ0v) is 15.9. The topological polar surface area (TPSA) is 73.1 Å². The normalized spacial score (nSPS) is 21.4. The van der Waals surface area contributed by atoms with Crippen molar-refractivity contribution in [3.8, 4) is 11.4 Å². The Balaban J connectivity index is 1.54. The Morgan fingerprint density at radius 1 is 1.22 bits per heavy atom. The summed E-state index contributed by atoms with van der Waals surface area (Å²) in [7, 11) is 1.78. The maximum atomic E-state index is 12.5. The predicted molar refractivity (Wildman–Crippen MR) is 104 cm³/mol. The van der Waals surface area contributed by atoms with Gasteiger partial charge in [0.25, 0.3) is 5.56 Å². The zero-order chi connectivity index (χ0) is 18.6. The van der Waals surface area contributed by atoms with Gasteiger partial charge in [0.05, 0.1) is 24.1 Å². The Bertz CT molecular complexity index is 817. The van der Waals surface area contributed by atoms with Crippen LogP contribution in [0.2, 0.25) is 0 Å². The lowest BCUT2D eigenvalue weighted by Crippen LogP contribution is -2.45. The third-order valence-electron chi connectivity index (χ3n) is 5.70. The van der Waals surface area contributed by atoms with Crippen LogP contribution in [0, 0.1) is 5.92 Å². The van der Waals surface area contributed by atoms with Crippen molar-refractivity contribution < 1.29 is 4.74 Å².